The first-order valence-corrected chi connectivity index (χ1v) is 6.78. The molecule has 0 aromatic rings. The number of hydrogen-bond donors (Lipinski definition) is 0. The van der Waals surface area contributed by atoms with Gasteiger partial charge in [-0.05, 0) is 28.2 Å². The fraction of sp³-hybridized carbons (Fsp3) is 0.571. The molecule has 0 aliphatic heterocycles. The maximum absolute atomic E-state index is 5.75. The van der Waals surface area contributed by atoms with Gasteiger partial charge in [-0.3, -0.25) is 0 Å². The minimum absolute atomic E-state index is 0.246. The van der Waals surface area contributed by atoms with Crippen LogP contribution in [0, 0.1) is 21.8 Å². The van der Waals surface area contributed by atoms with Gasteiger partial charge in [-0.15, -0.1) is 23.2 Å². The summed E-state index contributed by atoms with van der Waals surface area (Å²) in [4.78, 5) is 0. The zero-order valence-corrected chi connectivity index (χ0v) is 11.8. The Hall–Kier alpha value is -0.200. The maximum atomic E-state index is 5.75. The fourth-order valence-corrected chi connectivity index (χ4v) is 1.93. The topological polar surface area (TPSA) is 0 Å². The Morgan fingerprint density at radius 3 is 1.69 bits per heavy atom. The van der Waals surface area contributed by atoms with Gasteiger partial charge in [0.05, 0.1) is 0 Å². The SMILES string of the molecule is CC(CCl)CC(C)(C)CCl.c1cc2ccc1=2. The van der Waals surface area contributed by atoms with E-state index in [2.05, 4.69) is 45.0 Å². The quantitative estimate of drug-likeness (QED) is 0.691. The molecular formula is C14H20Cl2. The molecule has 16 heavy (non-hydrogen) atoms. The molecule has 0 N–H and O–H groups in total. The van der Waals surface area contributed by atoms with Crippen LogP contribution in [0.4, 0.5) is 0 Å². The Balaban J connectivity index is 0.000000176. The van der Waals surface area contributed by atoms with E-state index in [4.69, 9.17) is 23.2 Å². The molecule has 0 aromatic heterocycles. The first-order valence-electron chi connectivity index (χ1n) is 5.71. The number of benzene rings is 1. The molecule has 2 aliphatic rings. The number of halogens is 2. The molecular weight excluding hydrogens is 239 g/mol. The van der Waals surface area contributed by atoms with Crippen molar-refractivity contribution in [3.8, 4) is 0 Å². The van der Waals surface area contributed by atoms with E-state index in [0.717, 1.165) is 12.3 Å². The predicted molar refractivity (Wildman–Crippen MR) is 73.1 cm³/mol. The highest BCUT2D eigenvalue weighted by Gasteiger charge is 2.18. The number of rotatable bonds is 4. The molecule has 0 fully saturated rings. The molecule has 0 heterocycles. The van der Waals surface area contributed by atoms with Gasteiger partial charge >= 0.3 is 0 Å². The lowest BCUT2D eigenvalue weighted by Gasteiger charge is -2.24. The lowest BCUT2D eigenvalue weighted by Crippen LogP contribution is -2.17. The van der Waals surface area contributed by atoms with Crippen molar-refractivity contribution in [2.45, 2.75) is 27.2 Å². The van der Waals surface area contributed by atoms with Crippen molar-refractivity contribution in [3.63, 3.8) is 0 Å². The molecule has 2 heteroatoms. The van der Waals surface area contributed by atoms with Crippen molar-refractivity contribution >= 4 is 23.2 Å². The molecule has 0 aromatic carbocycles. The smallest absolute Gasteiger partial charge is 0.0274 e. The van der Waals surface area contributed by atoms with Crippen LogP contribution in [-0.4, -0.2) is 11.8 Å². The zero-order chi connectivity index (χ0) is 12.2. The zero-order valence-electron chi connectivity index (χ0n) is 10.3. The summed E-state index contributed by atoms with van der Waals surface area (Å²) in [5, 5.41) is 2.85. The Morgan fingerprint density at radius 1 is 1.06 bits per heavy atom. The lowest BCUT2D eigenvalue weighted by molar-refractivity contribution is 0.327. The highest BCUT2D eigenvalue weighted by atomic mass is 35.5. The molecule has 0 saturated heterocycles. The summed E-state index contributed by atoms with van der Waals surface area (Å²) in [5.41, 5.74) is 0.246. The molecule has 0 nitrogen and oxygen atoms in total. The van der Waals surface area contributed by atoms with E-state index in [0.29, 0.717) is 11.8 Å². The minimum atomic E-state index is 0.246. The Bertz CT molecular complexity index is 359. The van der Waals surface area contributed by atoms with Crippen molar-refractivity contribution in [2.75, 3.05) is 11.8 Å². The van der Waals surface area contributed by atoms with Crippen molar-refractivity contribution in [1.82, 2.24) is 0 Å². The van der Waals surface area contributed by atoms with E-state index in [1.807, 2.05) is 0 Å². The van der Waals surface area contributed by atoms with Gasteiger partial charge in [-0.25, -0.2) is 0 Å². The van der Waals surface area contributed by atoms with Gasteiger partial charge < -0.3 is 0 Å². The van der Waals surface area contributed by atoms with Gasteiger partial charge in [-0.1, -0.05) is 45.0 Å². The number of hydrogen-bond acceptors (Lipinski definition) is 0. The van der Waals surface area contributed by atoms with Gasteiger partial charge in [0.25, 0.3) is 0 Å². The van der Waals surface area contributed by atoms with Gasteiger partial charge in [0, 0.05) is 11.8 Å². The second kappa shape index (κ2) is 5.93. The molecule has 2 rings (SSSR count). The van der Waals surface area contributed by atoms with E-state index in [-0.39, 0.29) is 5.41 Å². The van der Waals surface area contributed by atoms with Crippen molar-refractivity contribution in [3.05, 3.63) is 34.7 Å². The molecule has 0 bridgehead atoms. The average Bonchev–Trinajstić information content (AvgIpc) is 2.23. The van der Waals surface area contributed by atoms with Crippen LogP contribution >= 0.6 is 23.2 Å². The van der Waals surface area contributed by atoms with Crippen LogP contribution in [0.2, 0.25) is 0 Å². The summed E-state index contributed by atoms with van der Waals surface area (Å²) < 4.78 is 0. The third kappa shape index (κ3) is 3.99. The monoisotopic (exact) mass is 258 g/mol. The summed E-state index contributed by atoms with van der Waals surface area (Å²) in [5.74, 6) is 2.03. The van der Waals surface area contributed by atoms with E-state index in [1.165, 1.54) is 10.4 Å². The molecule has 0 spiro atoms. The van der Waals surface area contributed by atoms with Crippen LogP contribution in [0.25, 0.3) is 0 Å². The summed E-state index contributed by atoms with van der Waals surface area (Å²) >= 11 is 11.4. The van der Waals surface area contributed by atoms with Gasteiger partial charge in [0.15, 0.2) is 0 Å². The van der Waals surface area contributed by atoms with Crippen molar-refractivity contribution in [1.29, 1.82) is 0 Å². The highest BCUT2D eigenvalue weighted by molar-refractivity contribution is 6.18. The van der Waals surface area contributed by atoms with Crippen LogP contribution in [0.3, 0.4) is 0 Å². The summed E-state index contributed by atoms with van der Waals surface area (Å²) in [7, 11) is 0. The average molecular weight is 259 g/mol. The van der Waals surface area contributed by atoms with Crippen LogP contribution in [-0.2, 0) is 0 Å². The highest BCUT2D eigenvalue weighted by Crippen LogP contribution is 2.26. The van der Waals surface area contributed by atoms with Crippen LogP contribution in [0.5, 0.6) is 0 Å². The second-order valence-electron chi connectivity index (χ2n) is 5.34. The Morgan fingerprint density at radius 2 is 1.50 bits per heavy atom. The fourth-order valence-electron chi connectivity index (χ4n) is 1.72. The Labute approximate surface area is 108 Å². The Kier molecular flexibility index (Phi) is 5.14. The largest absolute Gasteiger partial charge is 0.126 e. The molecule has 1 unspecified atom stereocenters. The molecule has 90 valence electrons. The van der Waals surface area contributed by atoms with E-state index >= 15 is 0 Å². The first-order chi connectivity index (χ1) is 7.48. The number of alkyl halides is 2. The van der Waals surface area contributed by atoms with Crippen molar-refractivity contribution < 1.29 is 0 Å². The van der Waals surface area contributed by atoms with Crippen molar-refractivity contribution in [2.24, 2.45) is 11.3 Å². The normalized spacial score (nSPS) is 13.8. The van der Waals surface area contributed by atoms with E-state index in [1.54, 1.807) is 0 Å². The standard InChI is InChI=1S/C8H16Cl2.C6H4/c1-7(5-9)4-8(2,3)6-10;1-2-6-4-3-5(1)6/h7H,4-6H2,1-3H3;1-4H. The van der Waals surface area contributed by atoms with Crippen LogP contribution in [0.15, 0.2) is 24.3 Å². The third-order valence-corrected chi connectivity index (χ3v) is 3.99. The van der Waals surface area contributed by atoms with E-state index < -0.39 is 0 Å². The summed E-state index contributed by atoms with van der Waals surface area (Å²) in [6.07, 6.45) is 1.11. The van der Waals surface area contributed by atoms with E-state index in [9.17, 15) is 0 Å². The summed E-state index contributed by atoms with van der Waals surface area (Å²) in [6.45, 7) is 6.49. The first kappa shape index (κ1) is 13.9. The maximum Gasteiger partial charge on any atom is 0.0274 e. The second-order valence-corrected chi connectivity index (χ2v) is 5.91. The van der Waals surface area contributed by atoms with Gasteiger partial charge in [0.1, 0.15) is 0 Å². The molecule has 1 atom stereocenters. The van der Waals surface area contributed by atoms with Gasteiger partial charge in [0.2, 0.25) is 0 Å². The molecule has 0 radical (unpaired) electrons. The molecule has 0 amide bonds. The molecule has 0 saturated carbocycles. The van der Waals surface area contributed by atoms with Crippen LogP contribution in [0.1, 0.15) is 27.2 Å². The predicted octanol–water partition coefficient (Wildman–Crippen LogP) is 4.80. The molecule has 2 aliphatic carbocycles. The van der Waals surface area contributed by atoms with Crippen LogP contribution < -0.4 is 0 Å². The summed E-state index contributed by atoms with van der Waals surface area (Å²) in [6, 6.07) is 8.48. The minimum Gasteiger partial charge on any atom is -0.126 e. The van der Waals surface area contributed by atoms with Gasteiger partial charge in [-0.2, -0.15) is 0 Å². The third-order valence-electron chi connectivity index (χ3n) is 2.74. The lowest BCUT2D eigenvalue weighted by atomic mass is 9.86.